The molecule has 0 radical (unpaired) electrons. The van der Waals surface area contributed by atoms with Gasteiger partial charge in [0.25, 0.3) is 0 Å². The van der Waals surface area contributed by atoms with Crippen LogP contribution < -0.4 is 15.2 Å². The van der Waals surface area contributed by atoms with Crippen LogP contribution in [-0.2, 0) is 0 Å². The van der Waals surface area contributed by atoms with Gasteiger partial charge in [0.2, 0.25) is 0 Å². The summed E-state index contributed by atoms with van der Waals surface area (Å²) in [5.74, 6) is 1.80. The summed E-state index contributed by atoms with van der Waals surface area (Å²) in [6, 6.07) is 8.50. The molecule has 22 heavy (non-hydrogen) atoms. The van der Waals surface area contributed by atoms with E-state index in [9.17, 15) is 0 Å². The van der Waals surface area contributed by atoms with Gasteiger partial charge in [0.1, 0.15) is 18.1 Å². The molecule has 5 heteroatoms. The summed E-state index contributed by atoms with van der Waals surface area (Å²) < 4.78 is 11.3. The lowest BCUT2D eigenvalue weighted by Gasteiger charge is -2.35. The number of hydrogen-bond acceptors (Lipinski definition) is 4. The zero-order chi connectivity index (χ0) is 14.9. The van der Waals surface area contributed by atoms with Crippen LogP contribution in [0.5, 0.6) is 11.5 Å². The highest BCUT2D eigenvalue weighted by Crippen LogP contribution is 2.20. The molecule has 4 nitrogen and oxygen atoms in total. The van der Waals surface area contributed by atoms with Gasteiger partial charge in [0.15, 0.2) is 0 Å². The van der Waals surface area contributed by atoms with Crippen molar-refractivity contribution in [3.63, 3.8) is 0 Å². The van der Waals surface area contributed by atoms with Crippen molar-refractivity contribution < 1.29 is 9.47 Å². The maximum absolute atomic E-state index is 5.84. The summed E-state index contributed by atoms with van der Waals surface area (Å²) in [5.41, 5.74) is 5.71. The molecule has 126 valence electrons. The van der Waals surface area contributed by atoms with E-state index >= 15 is 0 Å². The molecule has 0 amide bonds. The number of nitrogens with zero attached hydrogens (tertiary/aromatic N) is 1. The van der Waals surface area contributed by atoms with Gasteiger partial charge in [0.05, 0.1) is 6.61 Å². The molecular weight excluding hydrogens is 300 g/mol. The monoisotopic (exact) mass is 328 g/mol. The fourth-order valence-corrected chi connectivity index (χ4v) is 2.95. The normalized spacial score (nSPS) is 18.5. The van der Waals surface area contributed by atoms with Gasteiger partial charge in [-0.05, 0) is 63.5 Å². The Hall–Kier alpha value is -0.970. The zero-order valence-electron chi connectivity index (χ0n) is 13.5. The predicted molar refractivity (Wildman–Crippen MR) is 93.2 cm³/mol. The molecule has 0 aliphatic carbocycles. The van der Waals surface area contributed by atoms with Crippen LogP contribution in [0.25, 0.3) is 0 Å². The molecule has 1 aromatic rings. The molecule has 1 saturated heterocycles. The smallest absolute Gasteiger partial charge is 0.119 e. The first-order valence-electron chi connectivity index (χ1n) is 8.13. The van der Waals surface area contributed by atoms with E-state index < -0.39 is 0 Å². The Labute approximate surface area is 140 Å². The summed E-state index contributed by atoms with van der Waals surface area (Å²) in [6.45, 7) is 6.35. The minimum absolute atomic E-state index is 0. The third-order valence-corrected chi connectivity index (χ3v) is 4.03. The van der Waals surface area contributed by atoms with Gasteiger partial charge < -0.3 is 15.2 Å². The maximum Gasteiger partial charge on any atom is 0.119 e. The van der Waals surface area contributed by atoms with E-state index in [0.717, 1.165) is 37.6 Å². The van der Waals surface area contributed by atoms with Gasteiger partial charge in [0, 0.05) is 12.6 Å². The topological polar surface area (TPSA) is 47.7 Å². The van der Waals surface area contributed by atoms with Gasteiger partial charge >= 0.3 is 0 Å². The van der Waals surface area contributed by atoms with Gasteiger partial charge in [-0.3, -0.25) is 4.90 Å². The Kier molecular flexibility index (Phi) is 9.28. The van der Waals surface area contributed by atoms with Crippen molar-refractivity contribution in [2.45, 2.75) is 38.6 Å². The zero-order valence-corrected chi connectivity index (χ0v) is 14.3. The molecule has 0 spiro atoms. The second-order valence-corrected chi connectivity index (χ2v) is 5.52. The van der Waals surface area contributed by atoms with Crippen LogP contribution in [0.15, 0.2) is 24.3 Å². The first-order valence-corrected chi connectivity index (χ1v) is 8.13. The molecule has 1 unspecified atom stereocenters. The average Bonchev–Trinajstić information content (AvgIpc) is 2.51. The average molecular weight is 329 g/mol. The molecule has 0 saturated carbocycles. The summed E-state index contributed by atoms with van der Waals surface area (Å²) >= 11 is 0. The summed E-state index contributed by atoms with van der Waals surface area (Å²) in [6.07, 6.45) is 5.01. The van der Waals surface area contributed by atoms with Crippen molar-refractivity contribution in [2.24, 2.45) is 5.73 Å². The van der Waals surface area contributed by atoms with Crippen molar-refractivity contribution >= 4 is 12.4 Å². The third kappa shape index (κ3) is 6.03. The minimum Gasteiger partial charge on any atom is -0.494 e. The highest BCUT2D eigenvalue weighted by molar-refractivity contribution is 5.85. The van der Waals surface area contributed by atoms with Gasteiger partial charge in [-0.15, -0.1) is 12.4 Å². The summed E-state index contributed by atoms with van der Waals surface area (Å²) in [5, 5.41) is 0. The number of rotatable bonds is 8. The molecule has 1 fully saturated rings. The van der Waals surface area contributed by atoms with Crippen LogP contribution in [0, 0.1) is 0 Å². The molecule has 1 aliphatic heterocycles. The number of piperidine rings is 1. The number of likely N-dealkylation sites (tertiary alicyclic amines) is 1. The van der Waals surface area contributed by atoms with Crippen LogP contribution in [0.1, 0.15) is 32.6 Å². The number of hydrogen-bond donors (Lipinski definition) is 1. The first-order chi connectivity index (χ1) is 10.3. The van der Waals surface area contributed by atoms with Crippen molar-refractivity contribution in [3.8, 4) is 11.5 Å². The van der Waals surface area contributed by atoms with Crippen LogP contribution in [-0.4, -0.2) is 43.8 Å². The van der Waals surface area contributed by atoms with Gasteiger partial charge in [-0.25, -0.2) is 0 Å². The molecule has 1 heterocycles. The number of halogens is 1. The lowest BCUT2D eigenvalue weighted by atomic mass is 9.99. The highest BCUT2D eigenvalue weighted by atomic mass is 35.5. The van der Waals surface area contributed by atoms with Crippen LogP contribution in [0.4, 0.5) is 0 Å². The van der Waals surface area contributed by atoms with Crippen LogP contribution in [0.3, 0.4) is 0 Å². The van der Waals surface area contributed by atoms with Crippen molar-refractivity contribution in [2.75, 3.05) is 32.8 Å². The second-order valence-electron chi connectivity index (χ2n) is 5.52. The van der Waals surface area contributed by atoms with E-state index in [4.69, 9.17) is 15.2 Å². The first kappa shape index (κ1) is 19.1. The molecule has 1 aliphatic rings. The highest BCUT2D eigenvalue weighted by Gasteiger charge is 2.21. The Morgan fingerprint density at radius 3 is 2.45 bits per heavy atom. The van der Waals surface area contributed by atoms with Crippen LogP contribution in [0.2, 0.25) is 0 Å². The van der Waals surface area contributed by atoms with E-state index in [-0.39, 0.29) is 12.4 Å². The van der Waals surface area contributed by atoms with Crippen LogP contribution >= 0.6 is 12.4 Å². The van der Waals surface area contributed by atoms with Crippen molar-refractivity contribution in [3.05, 3.63) is 24.3 Å². The molecule has 2 rings (SSSR count). The van der Waals surface area contributed by atoms with Crippen molar-refractivity contribution in [1.29, 1.82) is 0 Å². The Balaban J connectivity index is 0.00000242. The van der Waals surface area contributed by atoms with Crippen molar-refractivity contribution in [1.82, 2.24) is 4.90 Å². The fraction of sp³-hybridized carbons (Fsp3) is 0.647. The predicted octanol–water partition coefficient (Wildman–Crippen LogP) is 3.09. The summed E-state index contributed by atoms with van der Waals surface area (Å²) in [7, 11) is 0. The van der Waals surface area contributed by atoms with E-state index in [1.165, 1.54) is 25.8 Å². The molecular formula is C17H29ClN2O2. The lowest BCUT2D eigenvalue weighted by molar-refractivity contribution is 0.118. The minimum atomic E-state index is 0. The number of ether oxygens (including phenoxy) is 2. The maximum atomic E-state index is 5.84. The van der Waals surface area contributed by atoms with Gasteiger partial charge in [-0.2, -0.15) is 0 Å². The molecule has 1 atom stereocenters. The molecule has 2 N–H and O–H groups in total. The van der Waals surface area contributed by atoms with E-state index in [1.54, 1.807) is 0 Å². The second kappa shape index (κ2) is 10.7. The Morgan fingerprint density at radius 1 is 1.14 bits per heavy atom. The Bertz CT molecular complexity index is 398. The largest absolute Gasteiger partial charge is 0.494 e. The van der Waals surface area contributed by atoms with Gasteiger partial charge in [-0.1, -0.05) is 6.42 Å². The molecule has 0 bridgehead atoms. The SMILES string of the molecule is CCOc1ccc(OCCN2CCCCC2CCN)cc1.Cl. The van der Waals surface area contributed by atoms with E-state index in [1.807, 2.05) is 31.2 Å². The molecule has 0 aromatic heterocycles. The molecule has 1 aromatic carbocycles. The number of benzene rings is 1. The number of nitrogens with two attached hydrogens (primary N) is 1. The summed E-state index contributed by atoms with van der Waals surface area (Å²) in [4.78, 5) is 2.53. The fourth-order valence-electron chi connectivity index (χ4n) is 2.95. The Morgan fingerprint density at radius 2 is 1.82 bits per heavy atom. The van der Waals surface area contributed by atoms with E-state index in [2.05, 4.69) is 4.90 Å². The standard InChI is InChI=1S/C17H28N2O2.ClH/c1-2-20-16-6-8-17(9-7-16)21-14-13-19-12-4-3-5-15(19)10-11-18;/h6-9,15H,2-5,10-14,18H2,1H3;1H. The quantitative estimate of drug-likeness (QED) is 0.796. The lowest BCUT2D eigenvalue weighted by Crippen LogP contribution is -2.42. The third-order valence-electron chi connectivity index (χ3n) is 4.03. The van der Waals surface area contributed by atoms with E-state index in [0.29, 0.717) is 12.6 Å².